The van der Waals surface area contributed by atoms with Crippen LogP contribution in [0.2, 0.25) is 0 Å². The minimum absolute atomic E-state index is 0.0924. The first-order chi connectivity index (χ1) is 11.0. The lowest BCUT2D eigenvalue weighted by Gasteiger charge is -2.04. The summed E-state index contributed by atoms with van der Waals surface area (Å²) in [6, 6.07) is 7.01. The highest BCUT2D eigenvalue weighted by molar-refractivity contribution is 5.94. The molecule has 1 aromatic carbocycles. The molecule has 1 amide bonds. The molecule has 0 radical (unpaired) electrons. The molecule has 2 aromatic heterocycles. The van der Waals surface area contributed by atoms with Crippen molar-refractivity contribution in [3.8, 4) is 0 Å². The Labute approximate surface area is 131 Å². The van der Waals surface area contributed by atoms with Gasteiger partial charge in [-0.2, -0.15) is 0 Å². The summed E-state index contributed by atoms with van der Waals surface area (Å²) < 4.78 is 27.9. The second kappa shape index (κ2) is 6.16. The predicted octanol–water partition coefficient (Wildman–Crippen LogP) is 2.89. The van der Waals surface area contributed by atoms with Crippen molar-refractivity contribution in [3.63, 3.8) is 0 Å². The minimum atomic E-state index is -1.03. The number of amides is 1. The average Bonchev–Trinajstić information content (AvgIpc) is 2.94. The van der Waals surface area contributed by atoms with E-state index in [1.807, 2.05) is 35.9 Å². The van der Waals surface area contributed by atoms with Crippen molar-refractivity contribution in [1.82, 2.24) is 14.7 Å². The number of nitrogens with zero attached hydrogens (tertiary/aromatic N) is 2. The number of halogens is 2. The molecule has 3 rings (SSSR count). The SMILES string of the molecule is Cc1cccn2cc(CCNC(=O)c3ccc(F)c(F)c3)nc12. The molecular weight excluding hydrogens is 300 g/mol. The zero-order valence-electron chi connectivity index (χ0n) is 12.5. The number of rotatable bonds is 4. The van der Waals surface area contributed by atoms with Gasteiger partial charge in [0.25, 0.3) is 5.91 Å². The van der Waals surface area contributed by atoms with E-state index in [4.69, 9.17) is 0 Å². The van der Waals surface area contributed by atoms with Gasteiger partial charge in [0.1, 0.15) is 5.65 Å². The van der Waals surface area contributed by atoms with E-state index in [1.54, 1.807) is 0 Å². The number of hydrogen-bond donors (Lipinski definition) is 1. The number of carbonyl (C=O) groups excluding carboxylic acids is 1. The third-order valence-corrected chi connectivity index (χ3v) is 3.58. The summed E-state index contributed by atoms with van der Waals surface area (Å²) in [5.74, 6) is -2.45. The Kier molecular flexibility index (Phi) is 4.06. The van der Waals surface area contributed by atoms with Crippen molar-refractivity contribution >= 4 is 11.6 Å². The number of fused-ring (bicyclic) bond motifs is 1. The molecule has 0 bridgehead atoms. The van der Waals surface area contributed by atoms with Crippen LogP contribution in [0.15, 0.2) is 42.7 Å². The fraction of sp³-hybridized carbons (Fsp3) is 0.176. The van der Waals surface area contributed by atoms with Gasteiger partial charge < -0.3 is 9.72 Å². The Morgan fingerprint density at radius 2 is 2.09 bits per heavy atom. The van der Waals surface area contributed by atoms with E-state index in [2.05, 4.69) is 10.3 Å². The van der Waals surface area contributed by atoms with E-state index in [0.717, 1.165) is 29.0 Å². The number of aromatic nitrogens is 2. The predicted molar refractivity (Wildman–Crippen MR) is 82.3 cm³/mol. The molecule has 0 aliphatic carbocycles. The van der Waals surface area contributed by atoms with Crippen molar-refractivity contribution in [2.24, 2.45) is 0 Å². The Hall–Kier alpha value is -2.76. The van der Waals surface area contributed by atoms with Crippen molar-refractivity contribution < 1.29 is 13.6 Å². The highest BCUT2D eigenvalue weighted by Crippen LogP contribution is 2.11. The van der Waals surface area contributed by atoms with E-state index in [1.165, 1.54) is 6.07 Å². The van der Waals surface area contributed by atoms with Crippen LogP contribution in [0.3, 0.4) is 0 Å². The number of imidazole rings is 1. The zero-order chi connectivity index (χ0) is 16.4. The van der Waals surface area contributed by atoms with Crippen LogP contribution in [0.1, 0.15) is 21.6 Å². The number of nitrogens with one attached hydrogen (secondary N) is 1. The Bertz CT molecular complexity index is 873. The Morgan fingerprint density at radius 1 is 1.26 bits per heavy atom. The maximum Gasteiger partial charge on any atom is 0.251 e. The summed E-state index contributed by atoms with van der Waals surface area (Å²) in [5, 5.41) is 2.68. The van der Waals surface area contributed by atoms with Crippen molar-refractivity contribution in [2.45, 2.75) is 13.3 Å². The number of pyridine rings is 1. The molecule has 3 aromatic rings. The van der Waals surface area contributed by atoms with Crippen LogP contribution in [-0.4, -0.2) is 21.8 Å². The molecule has 1 N–H and O–H groups in total. The quantitative estimate of drug-likeness (QED) is 0.805. The monoisotopic (exact) mass is 315 g/mol. The summed E-state index contributed by atoms with van der Waals surface area (Å²) in [5.41, 5.74) is 2.90. The molecule has 0 fully saturated rings. The van der Waals surface area contributed by atoms with Crippen LogP contribution in [0.25, 0.3) is 5.65 Å². The van der Waals surface area contributed by atoms with Gasteiger partial charge >= 0.3 is 0 Å². The van der Waals surface area contributed by atoms with E-state index >= 15 is 0 Å². The van der Waals surface area contributed by atoms with Crippen LogP contribution in [0.5, 0.6) is 0 Å². The van der Waals surface area contributed by atoms with Gasteiger partial charge in [0.05, 0.1) is 5.69 Å². The van der Waals surface area contributed by atoms with Gasteiger partial charge in [0.15, 0.2) is 11.6 Å². The first-order valence-corrected chi connectivity index (χ1v) is 7.21. The van der Waals surface area contributed by atoms with Gasteiger partial charge in [0, 0.05) is 30.9 Å². The molecule has 0 atom stereocenters. The van der Waals surface area contributed by atoms with E-state index in [-0.39, 0.29) is 5.56 Å². The molecular formula is C17H15F2N3O. The summed E-state index contributed by atoms with van der Waals surface area (Å²) in [7, 11) is 0. The first-order valence-electron chi connectivity index (χ1n) is 7.21. The fourth-order valence-corrected chi connectivity index (χ4v) is 2.37. The maximum absolute atomic E-state index is 13.1. The highest BCUT2D eigenvalue weighted by Gasteiger charge is 2.10. The lowest BCUT2D eigenvalue weighted by Crippen LogP contribution is -2.25. The molecule has 0 aliphatic rings. The standard InChI is InChI=1S/C17H15F2N3O/c1-11-3-2-8-22-10-13(21-16(11)22)6-7-20-17(23)12-4-5-14(18)15(19)9-12/h2-5,8-10H,6-7H2,1H3,(H,20,23). The highest BCUT2D eigenvalue weighted by atomic mass is 19.2. The second-order valence-corrected chi connectivity index (χ2v) is 5.29. The molecule has 0 unspecified atom stereocenters. The van der Waals surface area contributed by atoms with Gasteiger partial charge in [-0.1, -0.05) is 6.07 Å². The smallest absolute Gasteiger partial charge is 0.251 e. The van der Waals surface area contributed by atoms with Gasteiger partial charge in [-0.25, -0.2) is 13.8 Å². The molecule has 118 valence electrons. The second-order valence-electron chi connectivity index (χ2n) is 5.29. The molecule has 6 heteroatoms. The number of carbonyl (C=O) groups is 1. The lowest BCUT2D eigenvalue weighted by atomic mass is 10.2. The molecule has 0 spiro atoms. The Morgan fingerprint density at radius 3 is 2.83 bits per heavy atom. The first kappa shape index (κ1) is 15.1. The molecule has 0 saturated carbocycles. The number of benzene rings is 1. The topological polar surface area (TPSA) is 46.4 Å². The summed E-state index contributed by atoms with van der Waals surface area (Å²) >= 11 is 0. The Balaban J connectivity index is 1.62. The molecule has 4 nitrogen and oxygen atoms in total. The summed E-state index contributed by atoms with van der Waals surface area (Å²) in [6.45, 7) is 2.34. The maximum atomic E-state index is 13.1. The van der Waals surface area contributed by atoms with Gasteiger partial charge in [-0.3, -0.25) is 4.79 Å². The lowest BCUT2D eigenvalue weighted by molar-refractivity contribution is 0.0953. The number of aryl methyl sites for hydroxylation is 1. The van der Waals surface area contributed by atoms with E-state index in [9.17, 15) is 13.6 Å². The van der Waals surface area contributed by atoms with Crippen LogP contribution in [0, 0.1) is 18.6 Å². The summed E-state index contributed by atoms with van der Waals surface area (Å²) in [6.07, 6.45) is 4.38. The molecule has 2 heterocycles. The normalized spacial score (nSPS) is 10.9. The van der Waals surface area contributed by atoms with Gasteiger partial charge in [-0.05, 0) is 36.8 Å². The molecule has 23 heavy (non-hydrogen) atoms. The average molecular weight is 315 g/mol. The molecule has 0 saturated heterocycles. The van der Waals surface area contributed by atoms with Crippen LogP contribution >= 0.6 is 0 Å². The molecule has 0 aliphatic heterocycles. The largest absolute Gasteiger partial charge is 0.352 e. The van der Waals surface area contributed by atoms with Gasteiger partial charge in [-0.15, -0.1) is 0 Å². The van der Waals surface area contributed by atoms with Crippen molar-refractivity contribution in [3.05, 3.63) is 71.2 Å². The van der Waals surface area contributed by atoms with E-state index < -0.39 is 17.5 Å². The fourth-order valence-electron chi connectivity index (χ4n) is 2.37. The van der Waals surface area contributed by atoms with Crippen molar-refractivity contribution in [2.75, 3.05) is 6.54 Å². The van der Waals surface area contributed by atoms with Crippen LogP contribution in [0.4, 0.5) is 8.78 Å². The van der Waals surface area contributed by atoms with E-state index in [0.29, 0.717) is 13.0 Å². The summed E-state index contributed by atoms with van der Waals surface area (Å²) in [4.78, 5) is 16.4. The van der Waals surface area contributed by atoms with Crippen LogP contribution in [-0.2, 0) is 6.42 Å². The zero-order valence-corrected chi connectivity index (χ0v) is 12.5. The van der Waals surface area contributed by atoms with Crippen molar-refractivity contribution in [1.29, 1.82) is 0 Å². The number of hydrogen-bond acceptors (Lipinski definition) is 2. The third-order valence-electron chi connectivity index (χ3n) is 3.58. The van der Waals surface area contributed by atoms with Crippen LogP contribution < -0.4 is 5.32 Å². The van der Waals surface area contributed by atoms with Gasteiger partial charge in [0.2, 0.25) is 0 Å². The minimum Gasteiger partial charge on any atom is -0.352 e. The third kappa shape index (κ3) is 3.21.